The second kappa shape index (κ2) is 6.14. The molecule has 0 aliphatic rings. The lowest BCUT2D eigenvalue weighted by molar-refractivity contribution is 0.466. The Balaban J connectivity index is 1.80. The molecule has 2 aromatic heterocycles. The monoisotopic (exact) mass is 354 g/mol. The van der Waals surface area contributed by atoms with Gasteiger partial charge in [0, 0.05) is 5.02 Å². The summed E-state index contributed by atoms with van der Waals surface area (Å²) in [7, 11) is 0. The van der Waals surface area contributed by atoms with Crippen molar-refractivity contribution >= 4 is 22.6 Å². The van der Waals surface area contributed by atoms with Crippen LogP contribution in [0.3, 0.4) is 0 Å². The third kappa shape index (κ3) is 2.92. The number of ether oxygens (including phenoxy) is 1. The van der Waals surface area contributed by atoms with Crippen molar-refractivity contribution in [1.82, 2.24) is 19.7 Å². The average Bonchev–Trinajstić information content (AvgIpc) is 3.04. The van der Waals surface area contributed by atoms with E-state index in [-0.39, 0.29) is 5.82 Å². The number of halogens is 2. The minimum absolute atomic E-state index is 0.329. The van der Waals surface area contributed by atoms with Gasteiger partial charge in [-0.3, -0.25) is 0 Å². The van der Waals surface area contributed by atoms with Crippen molar-refractivity contribution in [3.63, 3.8) is 0 Å². The molecular weight excluding hydrogens is 343 g/mol. The van der Waals surface area contributed by atoms with Gasteiger partial charge in [0.15, 0.2) is 5.65 Å². The minimum Gasteiger partial charge on any atom is -0.438 e. The zero-order valence-corrected chi connectivity index (χ0v) is 13.9. The van der Waals surface area contributed by atoms with Crippen molar-refractivity contribution in [2.75, 3.05) is 0 Å². The Kier molecular flexibility index (Phi) is 3.82. The normalized spacial score (nSPS) is 11.0. The van der Waals surface area contributed by atoms with Crippen LogP contribution in [0, 0.1) is 12.7 Å². The summed E-state index contributed by atoms with van der Waals surface area (Å²) in [6.45, 7) is 1.97. The van der Waals surface area contributed by atoms with Crippen LogP contribution >= 0.6 is 11.6 Å². The second-order valence-electron chi connectivity index (χ2n) is 5.46. The fourth-order valence-corrected chi connectivity index (χ4v) is 2.67. The number of hydrogen-bond acceptors (Lipinski definition) is 4. The largest absolute Gasteiger partial charge is 0.438 e. The third-order valence-corrected chi connectivity index (χ3v) is 3.99. The molecule has 0 aliphatic heterocycles. The number of aryl methyl sites for hydroxylation is 1. The van der Waals surface area contributed by atoms with Crippen LogP contribution in [0.4, 0.5) is 4.39 Å². The highest BCUT2D eigenvalue weighted by molar-refractivity contribution is 6.30. The first-order chi connectivity index (χ1) is 12.1. The summed E-state index contributed by atoms with van der Waals surface area (Å²) in [6.07, 6.45) is 3.04. The highest BCUT2D eigenvalue weighted by Crippen LogP contribution is 2.29. The summed E-state index contributed by atoms with van der Waals surface area (Å²) in [5.74, 6) is 0.500. The Bertz CT molecular complexity index is 1060. The molecule has 2 aromatic carbocycles. The molecule has 0 saturated carbocycles. The van der Waals surface area contributed by atoms with Crippen molar-refractivity contribution in [2.24, 2.45) is 0 Å². The molecule has 4 rings (SSSR count). The van der Waals surface area contributed by atoms with E-state index in [0.29, 0.717) is 27.7 Å². The Labute approximate surface area is 147 Å². The summed E-state index contributed by atoms with van der Waals surface area (Å²) in [5.41, 5.74) is 2.43. The number of aromatic nitrogens is 4. The first-order valence-corrected chi connectivity index (χ1v) is 7.88. The summed E-state index contributed by atoms with van der Waals surface area (Å²) in [6, 6.07) is 11.3. The maximum atomic E-state index is 13.0. The van der Waals surface area contributed by atoms with Crippen molar-refractivity contribution in [1.29, 1.82) is 0 Å². The summed E-state index contributed by atoms with van der Waals surface area (Å²) >= 11 is 6.11. The molecule has 4 aromatic rings. The minimum atomic E-state index is -0.329. The van der Waals surface area contributed by atoms with E-state index in [4.69, 9.17) is 16.3 Å². The van der Waals surface area contributed by atoms with Gasteiger partial charge in [0.05, 0.1) is 11.9 Å². The van der Waals surface area contributed by atoms with E-state index < -0.39 is 0 Å². The quantitative estimate of drug-likeness (QED) is 0.534. The highest BCUT2D eigenvalue weighted by Gasteiger charge is 2.14. The zero-order valence-electron chi connectivity index (χ0n) is 13.1. The van der Waals surface area contributed by atoms with Gasteiger partial charge in [-0.15, -0.1) is 0 Å². The van der Waals surface area contributed by atoms with Gasteiger partial charge in [-0.05, 0) is 48.9 Å². The fraction of sp³-hybridized carbons (Fsp3) is 0.0556. The number of rotatable bonds is 3. The van der Waals surface area contributed by atoms with Gasteiger partial charge < -0.3 is 4.74 Å². The number of hydrogen-bond donors (Lipinski definition) is 0. The van der Waals surface area contributed by atoms with Crippen LogP contribution in [0.15, 0.2) is 55.0 Å². The molecule has 7 heteroatoms. The maximum absolute atomic E-state index is 13.0. The highest BCUT2D eigenvalue weighted by atomic mass is 35.5. The van der Waals surface area contributed by atoms with Crippen LogP contribution in [0.5, 0.6) is 11.6 Å². The van der Waals surface area contributed by atoms with Crippen LogP contribution in [-0.4, -0.2) is 19.7 Å². The number of benzene rings is 2. The molecule has 0 atom stereocenters. The lowest BCUT2D eigenvalue weighted by Crippen LogP contribution is -2.00. The molecule has 0 unspecified atom stereocenters. The van der Waals surface area contributed by atoms with Crippen LogP contribution in [0.2, 0.25) is 5.02 Å². The van der Waals surface area contributed by atoms with Crippen LogP contribution in [0.25, 0.3) is 16.7 Å². The lowest BCUT2D eigenvalue weighted by Gasteiger charge is -2.08. The molecule has 0 fully saturated rings. The standard InChI is InChI=1S/C18H12ClFN4O/c1-11-2-3-12(19)8-16(11)24-17-15(9-23-24)18(22-10-21-17)25-14-6-4-13(20)5-7-14/h2-10H,1H3. The SMILES string of the molecule is Cc1ccc(Cl)cc1-n1ncc2c(Oc3ccc(F)cc3)ncnc21. The van der Waals surface area contributed by atoms with Crippen molar-refractivity contribution in [3.05, 3.63) is 71.4 Å². The molecule has 0 amide bonds. The summed E-state index contributed by atoms with van der Waals surface area (Å²) in [4.78, 5) is 8.48. The Hall–Kier alpha value is -2.99. The van der Waals surface area contributed by atoms with E-state index in [0.717, 1.165) is 11.3 Å². The van der Waals surface area contributed by atoms with Crippen molar-refractivity contribution < 1.29 is 9.13 Å². The van der Waals surface area contributed by atoms with Crippen molar-refractivity contribution in [3.8, 4) is 17.3 Å². The first-order valence-electron chi connectivity index (χ1n) is 7.50. The Morgan fingerprint density at radius 1 is 1.08 bits per heavy atom. The molecular formula is C18H12ClFN4O. The molecule has 0 saturated heterocycles. The topological polar surface area (TPSA) is 52.8 Å². The first kappa shape index (κ1) is 15.5. The van der Waals surface area contributed by atoms with E-state index >= 15 is 0 Å². The van der Waals surface area contributed by atoms with Crippen LogP contribution < -0.4 is 4.74 Å². The molecule has 0 bridgehead atoms. The smallest absolute Gasteiger partial charge is 0.233 e. The van der Waals surface area contributed by atoms with Crippen molar-refractivity contribution in [2.45, 2.75) is 6.92 Å². The van der Waals surface area contributed by atoms with E-state index in [1.165, 1.54) is 30.6 Å². The van der Waals surface area contributed by atoms with Gasteiger partial charge >= 0.3 is 0 Å². The van der Waals surface area contributed by atoms with E-state index in [9.17, 15) is 4.39 Å². The predicted molar refractivity (Wildman–Crippen MR) is 92.9 cm³/mol. The van der Waals surface area contributed by atoms with E-state index in [2.05, 4.69) is 15.1 Å². The van der Waals surface area contributed by atoms with Gasteiger partial charge in [-0.1, -0.05) is 17.7 Å². The fourth-order valence-electron chi connectivity index (χ4n) is 2.51. The van der Waals surface area contributed by atoms with Crippen LogP contribution in [-0.2, 0) is 0 Å². The van der Waals surface area contributed by atoms with Gasteiger partial charge in [0.2, 0.25) is 5.88 Å². The van der Waals surface area contributed by atoms with Gasteiger partial charge in [-0.25, -0.2) is 19.0 Å². The average molecular weight is 355 g/mol. The molecule has 124 valence electrons. The molecule has 2 heterocycles. The molecule has 0 aliphatic carbocycles. The van der Waals surface area contributed by atoms with E-state index in [1.54, 1.807) is 10.9 Å². The third-order valence-electron chi connectivity index (χ3n) is 3.76. The molecule has 0 radical (unpaired) electrons. The second-order valence-corrected chi connectivity index (χ2v) is 5.90. The maximum Gasteiger partial charge on any atom is 0.233 e. The number of nitrogens with zero attached hydrogens (tertiary/aromatic N) is 4. The van der Waals surface area contributed by atoms with E-state index in [1.807, 2.05) is 25.1 Å². The number of fused-ring (bicyclic) bond motifs is 1. The molecule has 0 spiro atoms. The Morgan fingerprint density at radius 2 is 1.88 bits per heavy atom. The lowest BCUT2D eigenvalue weighted by atomic mass is 10.2. The summed E-state index contributed by atoms with van der Waals surface area (Å²) in [5, 5.41) is 5.66. The van der Waals surface area contributed by atoms with Gasteiger partial charge in [0.1, 0.15) is 23.3 Å². The Morgan fingerprint density at radius 3 is 2.68 bits per heavy atom. The zero-order chi connectivity index (χ0) is 17.4. The summed E-state index contributed by atoms with van der Waals surface area (Å²) < 4.78 is 20.5. The van der Waals surface area contributed by atoms with Crippen LogP contribution in [0.1, 0.15) is 5.56 Å². The van der Waals surface area contributed by atoms with Gasteiger partial charge in [-0.2, -0.15) is 5.10 Å². The molecule has 25 heavy (non-hydrogen) atoms. The predicted octanol–water partition coefficient (Wildman–Crippen LogP) is 4.71. The van der Waals surface area contributed by atoms with Gasteiger partial charge in [0.25, 0.3) is 0 Å². The molecule has 5 nitrogen and oxygen atoms in total. The molecule has 0 N–H and O–H groups in total.